The van der Waals surface area contributed by atoms with Gasteiger partial charge in [-0.25, -0.2) is 14.4 Å². The largest absolute Gasteiger partial charge is 0.354 e. The lowest BCUT2D eigenvalue weighted by atomic mass is 10.3. The Bertz CT molecular complexity index is 563. The molecule has 0 saturated carbocycles. The van der Waals surface area contributed by atoms with Crippen LogP contribution in [-0.4, -0.2) is 37.0 Å². The predicted octanol–water partition coefficient (Wildman–Crippen LogP) is 2.96. The Balaban J connectivity index is 2.18. The second-order valence-electron chi connectivity index (χ2n) is 4.20. The summed E-state index contributed by atoms with van der Waals surface area (Å²) in [4.78, 5) is 11.0. The van der Waals surface area contributed by atoms with Gasteiger partial charge in [-0.2, -0.15) is 0 Å². The van der Waals surface area contributed by atoms with E-state index in [1.807, 2.05) is 4.90 Å². The fraction of sp³-hybridized carbons (Fsp3) is 0.385. The lowest BCUT2D eigenvalue weighted by molar-refractivity contribution is -0.0951. The van der Waals surface area contributed by atoms with Crippen molar-refractivity contribution in [2.75, 3.05) is 25.7 Å². The summed E-state index contributed by atoms with van der Waals surface area (Å²) in [5.74, 6) is 0.245. The van der Waals surface area contributed by atoms with Crippen LogP contribution in [0.3, 0.4) is 0 Å². The maximum absolute atomic E-state index is 13.0. The molecule has 2 rings (SSSR count). The number of hydrogen-bond acceptors (Lipinski definition) is 6. The zero-order chi connectivity index (χ0) is 15.2. The quantitative estimate of drug-likeness (QED) is 0.730. The molecule has 8 heteroatoms. The van der Waals surface area contributed by atoms with Crippen molar-refractivity contribution in [2.45, 2.75) is 12.8 Å². The van der Waals surface area contributed by atoms with E-state index in [1.165, 1.54) is 23.6 Å². The summed E-state index contributed by atoms with van der Waals surface area (Å²) in [7, 11) is 3.13. The second kappa shape index (κ2) is 7.65. The number of nitrogens with zero attached hydrogens (tertiary/aromatic N) is 3. The van der Waals surface area contributed by atoms with Crippen LogP contribution in [0.2, 0.25) is 4.47 Å². The molecule has 21 heavy (non-hydrogen) atoms. The van der Waals surface area contributed by atoms with Crippen molar-refractivity contribution in [2.24, 2.45) is 0 Å². The number of methoxy groups -OCH3 is 2. The van der Waals surface area contributed by atoms with Gasteiger partial charge in [-0.05, 0) is 12.1 Å². The highest BCUT2D eigenvalue weighted by Crippen LogP contribution is 2.22. The predicted molar refractivity (Wildman–Crippen MR) is 80.2 cm³/mol. The first-order valence-electron chi connectivity index (χ1n) is 6.14. The number of halogens is 2. The van der Waals surface area contributed by atoms with E-state index in [0.29, 0.717) is 23.4 Å². The summed E-state index contributed by atoms with van der Waals surface area (Å²) in [5, 5.41) is 0. The van der Waals surface area contributed by atoms with Crippen LogP contribution >= 0.6 is 22.9 Å². The van der Waals surface area contributed by atoms with E-state index < -0.39 is 6.29 Å². The Morgan fingerprint density at radius 2 is 2.05 bits per heavy atom. The molecule has 2 aromatic rings. The highest BCUT2D eigenvalue weighted by molar-refractivity contribution is 7.15. The van der Waals surface area contributed by atoms with Crippen LogP contribution in [0.25, 0.3) is 0 Å². The Kier molecular flexibility index (Phi) is 5.86. The van der Waals surface area contributed by atoms with Crippen molar-refractivity contribution < 1.29 is 13.9 Å². The van der Waals surface area contributed by atoms with Gasteiger partial charge >= 0.3 is 0 Å². The zero-order valence-electron chi connectivity index (χ0n) is 11.6. The monoisotopic (exact) mass is 331 g/mol. The first-order chi connectivity index (χ1) is 10.1. The summed E-state index contributed by atoms with van der Waals surface area (Å²) in [6, 6.07) is 2.98. The number of anilines is 1. The molecule has 0 amide bonds. The molecule has 0 radical (unpaired) electrons. The van der Waals surface area contributed by atoms with Gasteiger partial charge in [0, 0.05) is 25.3 Å². The Morgan fingerprint density at radius 1 is 1.29 bits per heavy atom. The minimum atomic E-state index is -0.416. The van der Waals surface area contributed by atoms with Crippen LogP contribution in [0.4, 0.5) is 10.2 Å². The average Bonchev–Trinajstić information content (AvgIpc) is 2.89. The van der Waals surface area contributed by atoms with Gasteiger partial charge in [0.05, 0.1) is 19.3 Å². The maximum atomic E-state index is 13.0. The summed E-state index contributed by atoms with van der Waals surface area (Å²) in [6.45, 7) is 0.980. The second-order valence-corrected chi connectivity index (χ2v) is 5.89. The minimum Gasteiger partial charge on any atom is -0.354 e. The molecule has 0 saturated heterocycles. The molecule has 0 bridgehead atoms. The van der Waals surface area contributed by atoms with E-state index in [0.717, 1.165) is 4.88 Å². The molecule has 2 heterocycles. The molecule has 0 N–H and O–H groups in total. The molecule has 0 fully saturated rings. The third kappa shape index (κ3) is 4.60. The minimum absolute atomic E-state index is 0.380. The van der Waals surface area contributed by atoms with Gasteiger partial charge in [-0.15, -0.1) is 11.3 Å². The van der Waals surface area contributed by atoms with Gasteiger partial charge < -0.3 is 14.4 Å². The number of rotatable bonds is 7. The average molecular weight is 332 g/mol. The summed E-state index contributed by atoms with van der Waals surface area (Å²) in [5.41, 5.74) is 0. The fourth-order valence-electron chi connectivity index (χ4n) is 1.76. The molecule has 0 unspecified atom stereocenters. The number of thiazole rings is 1. The standard InChI is InChI=1S/C13H15ClFN3O2S/c1-19-12(20-2)8-18(7-10-6-17-13(14)21-10)11-4-3-9(15)5-16-11/h3-6,12H,7-8H2,1-2H3. The lowest BCUT2D eigenvalue weighted by Gasteiger charge is -2.26. The molecule has 114 valence electrons. The van der Waals surface area contributed by atoms with E-state index in [4.69, 9.17) is 21.1 Å². The van der Waals surface area contributed by atoms with Crippen molar-refractivity contribution >= 4 is 28.8 Å². The van der Waals surface area contributed by atoms with E-state index in [-0.39, 0.29) is 5.82 Å². The highest BCUT2D eigenvalue weighted by Gasteiger charge is 2.16. The molecule has 5 nitrogen and oxygen atoms in total. The number of ether oxygens (including phenoxy) is 2. The third-order valence-corrected chi connectivity index (χ3v) is 3.90. The van der Waals surface area contributed by atoms with Crippen LogP contribution in [0.15, 0.2) is 24.5 Å². The molecule has 0 aliphatic heterocycles. The molecule has 2 aromatic heterocycles. The first-order valence-corrected chi connectivity index (χ1v) is 7.34. The van der Waals surface area contributed by atoms with Crippen LogP contribution in [-0.2, 0) is 16.0 Å². The first kappa shape index (κ1) is 16.1. The molecule has 0 aliphatic carbocycles. The number of pyridine rings is 1. The molecule has 0 aliphatic rings. The SMILES string of the molecule is COC(CN(Cc1cnc(Cl)s1)c1ccc(F)cn1)OC. The molecule has 0 atom stereocenters. The van der Waals surface area contributed by atoms with Crippen molar-refractivity contribution in [3.8, 4) is 0 Å². The topological polar surface area (TPSA) is 47.5 Å². The van der Waals surface area contributed by atoms with Crippen LogP contribution in [0.5, 0.6) is 0 Å². The van der Waals surface area contributed by atoms with Crippen molar-refractivity contribution in [1.82, 2.24) is 9.97 Å². The van der Waals surface area contributed by atoms with Gasteiger partial charge in [0.15, 0.2) is 10.8 Å². The van der Waals surface area contributed by atoms with Gasteiger partial charge in [-0.1, -0.05) is 11.6 Å². The van der Waals surface area contributed by atoms with Gasteiger partial charge in [-0.3, -0.25) is 0 Å². The van der Waals surface area contributed by atoms with Gasteiger partial charge in [0.1, 0.15) is 11.6 Å². The van der Waals surface area contributed by atoms with Gasteiger partial charge in [0.25, 0.3) is 0 Å². The third-order valence-electron chi connectivity index (χ3n) is 2.80. The summed E-state index contributed by atoms with van der Waals surface area (Å²) >= 11 is 7.23. The number of aromatic nitrogens is 2. The van der Waals surface area contributed by atoms with E-state index >= 15 is 0 Å². The van der Waals surface area contributed by atoms with Crippen LogP contribution < -0.4 is 4.90 Å². The Morgan fingerprint density at radius 3 is 2.57 bits per heavy atom. The van der Waals surface area contributed by atoms with Crippen LogP contribution in [0, 0.1) is 5.82 Å². The van der Waals surface area contributed by atoms with Crippen molar-refractivity contribution in [3.05, 3.63) is 39.7 Å². The summed E-state index contributed by atoms with van der Waals surface area (Å²) < 4.78 is 23.9. The highest BCUT2D eigenvalue weighted by atomic mass is 35.5. The van der Waals surface area contributed by atoms with E-state index in [1.54, 1.807) is 26.5 Å². The molecule has 0 spiro atoms. The van der Waals surface area contributed by atoms with Gasteiger partial charge in [0.2, 0.25) is 0 Å². The normalized spacial score (nSPS) is 11.1. The smallest absolute Gasteiger partial charge is 0.183 e. The Hall–Kier alpha value is -1.28. The lowest BCUT2D eigenvalue weighted by Crippen LogP contribution is -2.34. The van der Waals surface area contributed by atoms with E-state index in [9.17, 15) is 4.39 Å². The number of hydrogen-bond donors (Lipinski definition) is 0. The summed E-state index contributed by atoms with van der Waals surface area (Å²) in [6.07, 6.45) is 2.47. The zero-order valence-corrected chi connectivity index (χ0v) is 13.2. The molecular weight excluding hydrogens is 317 g/mol. The van der Waals surface area contributed by atoms with E-state index in [2.05, 4.69) is 9.97 Å². The maximum Gasteiger partial charge on any atom is 0.183 e. The van der Waals surface area contributed by atoms with Crippen LogP contribution in [0.1, 0.15) is 4.88 Å². The molecular formula is C13H15ClFN3O2S. The molecule has 0 aromatic carbocycles. The fourth-order valence-corrected chi connectivity index (χ4v) is 2.76. The van der Waals surface area contributed by atoms with Crippen molar-refractivity contribution in [1.29, 1.82) is 0 Å². The Labute approximate surface area is 131 Å². The van der Waals surface area contributed by atoms with Crippen molar-refractivity contribution in [3.63, 3.8) is 0 Å².